The lowest BCUT2D eigenvalue weighted by atomic mass is 10.1. The van der Waals surface area contributed by atoms with Gasteiger partial charge in [-0.3, -0.25) is 4.57 Å². The van der Waals surface area contributed by atoms with Gasteiger partial charge in [-0.15, -0.1) is 0 Å². The average Bonchev–Trinajstić information content (AvgIpc) is 3.08. The Morgan fingerprint density at radius 2 is 2.00 bits per heavy atom. The molecule has 7 heteroatoms. The van der Waals surface area contributed by atoms with Crippen LogP contribution in [0.5, 0.6) is 0 Å². The second kappa shape index (κ2) is 7.84. The minimum Gasteiger partial charge on any atom is -0.358 e. The number of aromatic nitrogens is 2. The first kappa shape index (κ1) is 18.8. The highest BCUT2D eigenvalue weighted by molar-refractivity contribution is 5.94. The molecule has 0 atom stereocenters. The maximum Gasteiger partial charge on any atom is 0.137 e. The van der Waals surface area contributed by atoms with Crippen molar-refractivity contribution in [3.63, 3.8) is 0 Å². The smallest absolute Gasteiger partial charge is 0.137 e. The fraction of sp³-hybridized carbons (Fsp3) is 0.182. The summed E-state index contributed by atoms with van der Waals surface area (Å²) in [7, 11) is 0. The molecule has 0 bridgehead atoms. The third-order valence-corrected chi connectivity index (χ3v) is 4.96. The third-order valence-electron chi connectivity index (χ3n) is 4.96. The van der Waals surface area contributed by atoms with Crippen molar-refractivity contribution < 1.29 is 13.2 Å². The molecule has 4 nitrogen and oxygen atoms in total. The van der Waals surface area contributed by atoms with Gasteiger partial charge in [0.1, 0.15) is 31.1 Å². The van der Waals surface area contributed by atoms with E-state index in [2.05, 4.69) is 11.1 Å². The second-order valence-corrected chi connectivity index (χ2v) is 6.62. The van der Waals surface area contributed by atoms with Crippen LogP contribution in [0.15, 0.2) is 60.8 Å². The summed E-state index contributed by atoms with van der Waals surface area (Å²) in [6.45, 7) is -1.45. The third kappa shape index (κ3) is 3.17. The minimum atomic E-state index is -0.982. The number of alkyl halides is 2. The lowest BCUT2D eigenvalue weighted by Gasteiger charge is -2.33. The summed E-state index contributed by atoms with van der Waals surface area (Å²) in [5.74, 6) is 0.0477. The summed E-state index contributed by atoms with van der Waals surface area (Å²) in [6.07, 6.45) is 6.90. The van der Waals surface area contributed by atoms with Crippen molar-refractivity contribution in [3.8, 4) is 11.9 Å². The molecule has 0 radical (unpaired) electrons. The maximum atomic E-state index is 14.0. The van der Waals surface area contributed by atoms with E-state index >= 15 is 0 Å². The van der Waals surface area contributed by atoms with E-state index in [0.717, 1.165) is 0 Å². The van der Waals surface area contributed by atoms with Gasteiger partial charge in [0.15, 0.2) is 0 Å². The zero-order chi connectivity index (χ0) is 20.4. The molecule has 2 aromatic heterocycles. The Bertz CT molecular complexity index is 1140. The van der Waals surface area contributed by atoms with Crippen molar-refractivity contribution in [2.24, 2.45) is 0 Å². The fourth-order valence-corrected chi connectivity index (χ4v) is 3.64. The number of benzene rings is 1. The quantitative estimate of drug-likeness (QED) is 0.637. The predicted octanol–water partition coefficient (Wildman–Crippen LogP) is 4.56. The van der Waals surface area contributed by atoms with Gasteiger partial charge in [0.05, 0.1) is 28.5 Å². The molecule has 1 aliphatic heterocycles. The highest BCUT2D eigenvalue weighted by Gasteiger charge is 2.29. The number of fused-ring (bicyclic) bond motifs is 1. The number of hydrogen-bond donors (Lipinski definition) is 0. The van der Waals surface area contributed by atoms with Crippen LogP contribution in [0, 0.1) is 17.1 Å². The van der Waals surface area contributed by atoms with Gasteiger partial charge in [0, 0.05) is 18.1 Å². The van der Waals surface area contributed by atoms with Crippen LogP contribution in [-0.2, 0) is 0 Å². The van der Waals surface area contributed by atoms with Crippen molar-refractivity contribution >= 4 is 16.6 Å². The Morgan fingerprint density at radius 3 is 2.69 bits per heavy atom. The molecule has 0 saturated carbocycles. The van der Waals surface area contributed by atoms with Crippen LogP contribution in [0.2, 0.25) is 0 Å². The highest BCUT2D eigenvalue weighted by Crippen LogP contribution is 2.36. The monoisotopic (exact) mass is 394 g/mol. The van der Waals surface area contributed by atoms with Crippen LogP contribution in [-0.4, -0.2) is 40.4 Å². The molecular formula is C22H17F3N4. The molecule has 0 spiro atoms. The topological polar surface area (TPSA) is 44.9 Å². The summed E-state index contributed by atoms with van der Waals surface area (Å²) in [6, 6.07) is 10.7. The summed E-state index contributed by atoms with van der Waals surface area (Å²) in [4.78, 5) is 5.97. The van der Waals surface area contributed by atoms with Gasteiger partial charge in [-0.05, 0) is 36.4 Å². The highest BCUT2D eigenvalue weighted by atomic mass is 19.1. The van der Waals surface area contributed by atoms with Gasteiger partial charge in [-0.25, -0.2) is 18.2 Å². The van der Waals surface area contributed by atoms with E-state index in [9.17, 15) is 18.4 Å². The predicted molar refractivity (Wildman–Crippen MR) is 105 cm³/mol. The van der Waals surface area contributed by atoms with Crippen LogP contribution in [0.4, 0.5) is 13.2 Å². The normalized spacial score (nSPS) is 13.8. The number of allylic oxidation sites excluding steroid dienone is 2. The van der Waals surface area contributed by atoms with E-state index in [1.165, 1.54) is 12.1 Å². The molecule has 146 valence electrons. The van der Waals surface area contributed by atoms with Crippen molar-refractivity contribution in [1.29, 1.82) is 5.26 Å². The van der Waals surface area contributed by atoms with Gasteiger partial charge in [0.2, 0.25) is 0 Å². The molecule has 4 rings (SSSR count). The molecule has 3 aromatic rings. The number of rotatable bonds is 5. The number of nitriles is 1. The average molecular weight is 394 g/mol. The van der Waals surface area contributed by atoms with E-state index in [-0.39, 0.29) is 5.56 Å². The van der Waals surface area contributed by atoms with Crippen LogP contribution in [0.1, 0.15) is 11.3 Å². The van der Waals surface area contributed by atoms with Crippen molar-refractivity contribution in [2.75, 3.05) is 19.9 Å². The van der Waals surface area contributed by atoms with Crippen LogP contribution >= 0.6 is 0 Å². The number of pyridine rings is 1. The van der Waals surface area contributed by atoms with E-state index in [1.54, 1.807) is 58.2 Å². The van der Waals surface area contributed by atoms with Crippen LogP contribution in [0.25, 0.3) is 22.4 Å². The van der Waals surface area contributed by atoms with Crippen molar-refractivity contribution in [3.05, 3.63) is 77.9 Å². The maximum absolute atomic E-state index is 14.0. The molecule has 1 aromatic carbocycles. The molecule has 0 amide bonds. The van der Waals surface area contributed by atoms with Crippen molar-refractivity contribution in [1.82, 2.24) is 14.5 Å². The van der Waals surface area contributed by atoms with E-state index in [0.29, 0.717) is 34.7 Å². The first-order valence-electron chi connectivity index (χ1n) is 9.10. The Hall–Kier alpha value is -3.53. The SMILES string of the molecule is N#Cc1c(C2=CC=CCN2C(CF)CF)n(-c2ccccn2)c2ccc(F)cc12. The van der Waals surface area contributed by atoms with Crippen LogP contribution < -0.4 is 0 Å². The number of hydrogen-bond acceptors (Lipinski definition) is 3. The minimum absolute atomic E-state index is 0.230. The molecule has 0 aliphatic carbocycles. The summed E-state index contributed by atoms with van der Waals surface area (Å²) in [5.41, 5.74) is 1.74. The van der Waals surface area contributed by atoms with Gasteiger partial charge >= 0.3 is 0 Å². The number of halogens is 3. The second-order valence-electron chi connectivity index (χ2n) is 6.62. The Kier molecular flexibility index (Phi) is 5.09. The van der Waals surface area contributed by atoms with Crippen LogP contribution in [0.3, 0.4) is 0 Å². The molecule has 1 aliphatic rings. The lowest BCUT2D eigenvalue weighted by Crippen LogP contribution is -2.39. The molecule has 0 unspecified atom stereocenters. The van der Waals surface area contributed by atoms with Gasteiger partial charge in [-0.1, -0.05) is 18.2 Å². The Labute approximate surface area is 165 Å². The molecular weight excluding hydrogens is 377 g/mol. The summed E-state index contributed by atoms with van der Waals surface area (Å²) >= 11 is 0. The van der Waals surface area contributed by atoms with Crippen molar-refractivity contribution in [2.45, 2.75) is 6.04 Å². The first-order valence-corrected chi connectivity index (χ1v) is 9.10. The van der Waals surface area contributed by atoms with E-state index in [4.69, 9.17) is 0 Å². The summed E-state index contributed by atoms with van der Waals surface area (Å²) < 4.78 is 42.8. The fourth-order valence-electron chi connectivity index (χ4n) is 3.64. The zero-order valence-corrected chi connectivity index (χ0v) is 15.4. The summed E-state index contributed by atoms with van der Waals surface area (Å²) in [5, 5.41) is 10.3. The Balaban J connectivity index is 2.07. The first-order chi connectivity index (χ1) is 14.2. The molecule has 29 heavy (non-hydrogen) atoms. The molecule has 0 N–H and O–H groups in total. The standard InChI is InChI=1S/C22H17F3N4/c23-12-16(13-24)28-10-4-2-5-20(28)22-18(14-26)17-11-15(25)7-8-19(17)29(22)21-6-1-3-9-27-21/h1-9,11,16H,10,12-13H2. The van der Waals surface area contributed by atoms with Gasteiger partial charge < -0.3 is 4.90 Å². The van der Waals surface area contributed by atoms with E-state index < -0.39 is 25.2 Å². The van der Waals surface area contributed by atoms with Gasteiger partial charge in [-0.2, -0.15) is 5.26 Å². The number of nitrogens with zero attached hydrogens (tertiary/aromatic N) is 4. The van der Waals surface area contributed by atoms with Gasteiger partial charge in [0.25, 0.3) is 0 Å². The molecule has 0 saturated heterocycles. The zero-order valence-electron chi connectivity index (χ0n) is 15.4. The lowest BCUT2D eigenvalue weighted by molar-refractivity contribution is 0.212. The molecule has 3 heterocycles. The Morgan fingerprint density at radius 1 is 1.17 bits per heavy atom. The molecule has 0 fully saturated rings. The largest absolute Gasteiger partial charge is 0.358 e. The van der Waals surface area contributed by atoms with E-state index in [1.807, 2.05) is 0 Å².